The lowest BCUT2D eigenvalue weighted by molar-refractivity contribution is 0.216. The highest BCUT2D eigenvalue weighted by Gasteiger charge is 2.46. The summed E-state index contributed by atoms with van der Waals surface area (Å²) in [4.78, 5) is 0.926. The zero-order valence-electron chi connectivity index (χ0n) is 10.8. The third-order valence-electron chi connectivity index (χ3n) is 2.13. The number of benzene rings is 1. The number of hydrogen-bond acceptors (Lipinski definition) is 4. The van der Waals surface area contributed by atoms with E-state index in [-0.39, 0.29) is 0 Å². The maximum absolute atomic E-state index is 12.6. The summed E-state index contributed by atoms with van der Waals surface area (Å²) in [6, 6.07) is 9.55. The summed E-state index contributed by atoms with van der Waals surface area (Å²) in [6.07, 6.45) is 0. The molecule has 3 nitrogen and oxygen atoms in total. The molecule has 0 spiro atoms. The minimum absolute atomic E-state index is 0.301. The van der Waals surface area contributed by atoms with E-state index < -0.39 is 11.5 Å². The fraction of sp³-hybridized carbons (Fsp3) is 0.500. The van der Waals surface area contributed by atoms with Crippen molar-refractivity contribution >= 4 is 31.0 Å². The minimum Gasteiger partial charge on any atom is -0.307 e. The Bertz CT molecular complexity index is 401. The molecule has 0 radical (unpaired) electrons. The second-order valence-electron chi connectivity index (χ2n) is 3.62. The van der Waals surface area contributed by atoms with E-state index in [9.17, 15) is 4.57 Å². The summed E-state index contributed by atoms with van der Waals surface area (Å²) in [5.41, 5.74) is 0. The lowest BCUT2D eigenvalue weighted by Crippen LogP contribution is -2.16. The van der Waals surface area contributed by atoms with Crippen molar-refractivity contribution in [2.75, 3.05) is 13.2 Å². The van der Waals surface area contributed by atoms with Gasteiger partial charge in [0.1, 0.15) is 0 Å². The van der Waals surface area contributed by atoms with Crippen molar-refractivity contribution in [3.63, 3.8) is 0 Å². The van der Waals surface area contributed by atoms with Crippen LogP contribution in [-0.4, -0.2) is 17.2 Å². The van der Waals surface area contributed by atoms with E-state index in [1.807, 2.05) is 30.3 Å². The highest BCUT2D eigenvalue weighted by Crippen LogP contribution is 2.67. The molecule has 0 aromatic heterocycles. The van der Waals surface area contributed by atoms with Crippen LogP contribution in [0.4, 0.5) is 0 Å². The Kier molecular flexibility index (Phi) is 6.22. The fourth-order valence-corrected chi connectivity index (χ4v) is 4.95. The van der Waals surface area contributed by atoms with Gasteiger partial charge >= 0.3 is 7.60 Å². The summed E-state index contributed by atoms with van der Waals surface area (Å²) in [5, 5.41) is 0. The van der Waals surface area contributed by atoms with E-state index in [2.05, 4.69) is 0 Å². The van der Waals surface area contributed by atoms with Gasteiger partial charge in [0.2, 0.25) is 0 Å². The van der Waals surface area contributed by atoms with Gasteiger partial charge in [0, 0.05) is 4.90 Å². The van der Waals surface area contributed by atoms with Gasteiger partial charge in [-0.3, -0.25) is 4.57 Å². The van der Waals surface area contributed by atoms with Gasteiger partial charge < -0.3 is 9.05 Å². The maximum atomic E-state index is 12.6. The summed E-state index contributed by atoms with van der Waals surface area (Å²) in [6.45, 7) is 5.81. The molecule has 18 heavy (non-hydrogen) atoms. The van der Waals surface area contributed by atoms with Gasteiger partial charge in [-0.2, -0.15) is 0 Å². The van der Waals surface area contributed by atoms with Crippen molar-refractivity contribution in [1.82, 2.24) is 0 Å². The molecule has 6 heteroatoms. The first kappa shape index (κ1) is 16.1. The van der Waals surface area contributed by atoms with Gasteiger partial charge in [-0.1, -0.05) is 41.6 Å². The van der Waals surface area contributed by atoms with E-state index in [4.69, 9.17) is 20.6 Å². The van der Waals surface area contributed by atoms with E-state index in [1.54, 1.807) is 20.8 Å². The van der Waals surface area contributed by atoms with Gasteiger partial charge in [0.05, 0.1) is 13.2 Å². The highest BCUT2D eigenvalue weighted by atomic mass is 35.5. The molecular weight excluding hydrogens is 291 g/mol. The Labute approximate surface area is 118 Å². The normalized spacial score (nSPS) is 15.3. The molecule has 0 fully saturated rings. The van der Waals surface area contributed by atoms with Crippen LogP contribution < -0.4 is 0 Å². The number of rotatable bonds is 7. The van der Waals surface area contributed by atoms with Crippen molar-refractivity contribution in [1.29, 1.82) is 0 Å². The summed E-state index contributed by atoms with van der Waals surface area (Å²) in [5.74, 6) is 0. The predicted molar refractivity (Wildman–Crippen MR) is 77.4 cm³/mol. The summed E-state index contributed by atoms with van der Waals surface area (Å²) in [7, 11) is -3.36. The van der Waals surface area contributed by atoms with Crippen molar-refractivity contribution in [2.24, 2.45) is 0 Å². The van der Waals surface area contributed by atoms with Gasteiger partial charge in [0.25, 0.3) is 0 Å². The maximum Gasteiger partial charge on any atom is 0.361 e. The monoisotopic (exact) mass is 308 g/mol. The number of thioether (sulfide) groups is 1. The van der Waals surface area contributed by atoms with Crippen molar-refractivity contribution in [2.45, 2.75) is 29.6 Å². The first-order chi connectivity index (χ1) is 8.45. The Morgan fingerprint density at radius 1 is 1.22 bits per heavy atom. The van der Waals surface area contributed by atoms with Crippen LogP contribution in [0.2, 0.25) is 0 Å². The summed E-state index contributed by atoms with van der Waals surface area (Å²) < 4.78 is 22.1. The standard InChI is InChI=1S/C12H18ClO3PS/c1-4-15-17(14,16-5-2)12(3,13)18-11-9-7-6-8-10-11/h6-10H,4-5H2,1-3H3. The van der Waals surface area contributed by atoms with Crippen LogP contribution in [0.5, 0.6) is 0 Å². The molecule has 0 N–H and O–H groups in total. The molecule has 1 atom stereocenters. The Balaban J connectivity index is 2.91. The molecule has 0 amide bonds. The van der Waals surface area contributed by atoms with Crippen LogP contribution in [0.3, 0.4) is 0 Å². The molecule has 1 aromatic rings. The molecule has 0 aliphatic carbocycles. The molecule has 1 aromatic carbocycles. The van der Waals surface area contributed by atoms with Crippen LogP contribution in [0.15, 0.2) is 35.2 Å². The molecule has 0 bridgehead atoms. The molecule has 0 saturated heterocycles. The third kappa shape index (κ3) is 4.01. The molecule has 0 aliphatic rings. The smallest absolute Gasteiger partial charge is 0.307 e. The average Bonchev–Trinajstić information content (AvgIpc) is 2.30. The van der Waals surface area contributed by atoms with E-state index in [0.29, 0.717) is 13.2 Å². The van der Waals surface area contributed by atoms with Crippen LogP contribution in [0.1, 0.15) is 20.8 Å². The van der Waals surface area contributed by atoms with Gasteiger partial charge in [-0.25, -0.2) is 0 Å². The van der Waals surface area contributed by atoms with Gasteiger partial charge in [-0.05, 0) is 32.9 Å². The lowest BCUT2D eigenvalue weighted by Gasteiger charge is -2.29. The average molecular weight is 309 g/mol. The molecule has 0 saturated carbocycles. The predicted octanol–water partition coefficient (Wildman–Crippen LogP) is 4.96. The SMILES string of the molecule is CCOP(=O)(OCC)C(C)(Cl)Sc1ccccc1. The van der Waals surface area contributed by atoms with Crippen LogP contribution in [-0.2, 0) is 13.6 Å². The second kappa shape index (κ2) is 6.97. The van der Waals surface area contributed by atoms with E-state index in [1.165, 1.54) is 11.8 Å². The molecule has 1 rings (SSSR count). The van der Waals surface area contributed by atoms with E-state index >= 15 is 0 Å². The van der Waals surface area contributed by atoms with Crippen molar-refractivity contribution < 1.29 is 13.6 Å². The molecular formula is C12H18ClO3PS. The Morgan fingerprint density at radius 3 is 2.17 bits per heavy atom. The number of halogens is 1. The number of hydrogen-bond donors (Lipinski definition) is 0. The van der Waals surface area contributed by atoms with Crippen LogP contribution in [0.25, 0.3) is 0 Å². The molecule has 1 unspecified atom stereocenters. The quantitative estimate of drug-likeness (QED) is 0.405. The van der Waals surface area contributed by atoms with Gasteiger partial charge in [0.15, 0.2) is 3.95 Å². The zero-order chi connectivity index (χ0) is 13.6. The van der Waals surface area contributed by atoms with Crippen molar-refractivity contribution in [3.05, 3.63) is 30.3 Å². The Hall–Kier alpha value is 0.01000. The molecule has 102 valence electrons. The topological polar surface area (TPSA) is 35.5 Å². The van der Waals surface area contributed by atoms with E-state index in [0.717, 1.165) is 4.90 Å². The highest BCUT2D eigenvalue weighted by molar-refractivity contribution is 8.08. The van der Waals surface area contributed by atoms with Crippen LogP contribution in [0, 0.1) is 0 Å². The van der Waals surface area contributed by atoms with Crippen molar-refractivity contribution in [3.8, 4) is 0 Å². The lowest BCUT2D eigenvalue weighted by atomic mass is 10.4. The first-order valence-electron chi connectivity index (χ1n) is 5.77. The minimum atomic E-state index is -3.36. The second-order valence-corrected chi connectivity index (χ2v) is 9.06. The van der Waals surface area contributed by atoms with Gasteiger partial charge in [-0.15, -0.1) is 0 Å². The van der Waals surface area contributed by atoms with Crippen LogP contribution >= 0.6 is 31.0 Å². The summed E-state index contributed by atoms with van der Waals surface area (Å²) >= 11 is 7.67. The fourth-order valence-electron chi connectivity index (χ4n) is 1.37. The molecule has 0 aliphatic heterocycles. The first-order valence-corrected chi connectivity index (χ1v) is 8.51. The zero-order valence-corrected chi connectivity index (χ0v) is 13.2. The number of alkyl halides is 1. The Morgan fingerprint density at radius 2 is 1.72 bits per heavy atom. The third-order valence-corrected chi connectivity index (χ3v) is 6.99. The largest absolute Gasteiger partial charge is 0.361 e. The molecule has 0 heterocycles.